The van der Waals surface area contributed by atoms with Gasteiger partial charge < -0.3 is 9.72 Å². The summed E-state index contributed by atoms with van der Waals surface area (Å²) in [6.45, 7) is 3.77. The van der Waals surface area contributed by atoms with Crippen molar-refractivity contribution in [2.24, 2.45) is 0 Å². The van der Waals surface area contributed by atoms with Crippen LogP contribution in [0.3, 0.4) is 0 Å². The zero-order chi connectivity index (χ0) is 12.6. The summed E-state index contributed by atoms with van der Waals surface area (Å²) < 4.78 is 43.3. The highest BCUT2D eigenvalue weighted by atomic mass is 19.4. The maximum absolute atomic E-state index is 12.7. The predicted octanol–water partition coefficient (Wildman–Crippen LogP) is 3.89. The maximum atomic E-state index is 12.7. The summed E-state index contributed by atoms with van der Waals surface area (Å²) in [5.41, 5.74) is -0.0199. The first-order valence-electron chi connectivity index (χ1n) is 5.25. The minimum absolute atomic E-state index is 0.203. The molecule has 0 fully saturated rings. The third-order valence-corrected chi connectivity index (χ3v) is 2.62. The second kappa shape index (κ2) is 3.98. The van der Waals surface area contributed by atoms with Crippen molar-refractivity contribution in [1.29, 1.82) is 0 Å². The van der Waals surface area contributed by atoms with E-state index >= 15 is 0 Å². The molecular weight excluding hydrogens is 231 g/mol. The van der Waals surface area contributed by atoms with Gasteiger partial charge in [-0.25, -0.2) is 0 Å². The van der Waals surface area contributed by atoms with E-state index in [2.05, 4.69) is 4.98 Å². The van der Waals surface area contributed by atoms with Crippen LogP contribution in [-0.4, -0.2) is 11.6 Å². The Morgan fingerprint density at radius 3 is 2.59 bits per heavy atom. The number of H-pyrrole nitrogens is 1. The third-order valence-electron chi connectivity index (χ3n) is 2.62. The van der Waals surface area contributed by atoms with E-state index in [4.69, 9.17) is 4.74 Å². The number of fused-ring (bicyclic) bond motifs is 1. The van der Waals surface area contributed by atoms with Crippen LogP contribution in [0.1, 0.15) is 18.2 Å². The predicted molar refractivity (Wildman–Crippen MR) is 59.2 cm³/mol. The van der Waals surface area contributed by atoms with E-state index in [-0.39, 0.29) is 5.56 Å². The van der Waals surface area contributed by atoms with Crippen molar-refractivity contribution in [2.75, 3.05) is 6.61 Å². The quantitative estimate of drug-likeness (QED) is 0.850. The van der Waals surface area contributed by atoms with E-state index in [0.29, 0.717) is 23.3 Å². The van der Waals surface area contributed by atoms with Crippen LogP contribution in [-0.2, 0) is 6.18 Å². The molecule has 0 saturated heterocycles. The number of alkyl halides is 3. The Hall–Kier alpha value is -1.65. The van der Waals surface area contributed by atoms with Gasteiger partial charge in [-0.1, -0.05) is 0 Å². The van der Waals surface area contributed by atoms with Gasteiger partial charge in [0.05, 0.1) is 6.61 Å². The molecule has 0 radical (unpaired) electrons. The molecule has 0 saturated carbocycles. The lowest BCUT2D eigenvalue weighted by molar-refractivity contribution is -0.141. The molecule has 0 bridgehead atoms. The molecule has 1 aromatic heterocycles. The maximum Gasteiger partial charge on any atom is 0.431 e. The van der Waals surface area contributed by atoms with Crippen molar-refractivity contribution in [3.8, 4) is 5.75 Å². The van der Waals surface area contributed by atoms with Gasteiger partial charge in [-0.3, -0.25) is 0 Å². The van der Waals surface area contributed by atoms with Gasteiger partial charge in [-0.15, -0.1) is 0 Å². The van der Waals surface area contributed by atoms with Gasteiger partial charge in [0, 0.05) is 10.9 Å². The summed E-state index contributed by atoms with van der Waals surface area (Å²) in [7, 11) is 0. The second-order valence-electron chi connectivity index (χ2n) is 3.76. The minimum Gasteiger partial charge on any atom is -0.494 e. The first-order valence-corrected chi connectivity index (χ1v) is 5.25. The highest BCUT2D eigenvalue weighted by Gasteiger charge is 2.35. The van der Waals surface area contributed by atoms with E-state index in [9.17, 15) is 13.2 Å². The normalized spacial score (nSPS) is 12.1. The summed E-state index contributed by atoms with van der Waals surface area (Å²) >= 11 is 0. The fourth-order valence-corrected chi connectivity index (χ4v) is 1.85. The van der Waals surface area contributed by atoms with Crippen LogP contribution < -0.4 is 4.74 Å². The molecule has 2 aromatic rings. The standard InChI is InChI=1S/C12H12F3NO/c1-3-17-8-4-5-10-9(6-8)7(2)11(16-10)12(13,14)15/h4-6,16H,3H2,1-2H3. The molecule has 5 heteroatoms. The number of hydrogen-bond acceptors (Lipinski definition) is 1. The lowest BCUT2D eigenvalue weighted by atomic mass is 10.1. The van der Waals surface area contributed by atoms with Crippen LogP contribution in [0.5, 0.6) is 5.75 Å². The van der Waals surface area contributed by atoms with E-state index in [1.807, 2.05) is 6.92 Å². The third kappa shape index (κ3) is 2.09. The lowest BCUT2D eigenvalue weighted by Gasteiger charge is -2.04. The first-order chi connectivity index (χ1) is 7.93. The van der Waals surface area contributed by atoms with Crippen molar-refractivity contribution >= 4 is 10.9 Å². The highest BCUT2D eigenvalue weighted by molar-refractivity contribution is 5.86. The molecule has 17 heavy (non-hydrogen) atoms. The Bertz CT molecular complexity index is 542. The Labute approximate surface area is 96.4 Å². The topological polar surface area (TPSA) is 25.0 Å². The molecule has 0 atom stereocenters. The monoisotopic (exact) mass is 243 g/mol. The summed E-state index contributed by atoms with van der Waals surface area (Å²) in [5, 5.41) is 0.545. The largest absolute Gasteiger partial charge is 0.494 e. The second-order valence-corrected chi connectivity index (χ2v) is 3.76. The van der Waals surface area contributed by atoms with Gasteiger partial charge in [-0.05, 0) is 37.6 Å². The number of aromatic nitrogens is 1. The number of halogens is 3. The van der Waals surface area contributed by atoms with Crippen LogP contribution in [0.2, 0.25) is 0 Å². The average molecular weight is 243 g/mol. The van der Waals surface area contributed by atoms with Crippen LogP contribution in [0, 0.1) is 6.92 Å². The Morgan fingerprint density at radius 1 is 1.29 bits per heavy atom. The molecule has 1 N–H and O–H groups in total. The van der Waals surface area contributed by atoms with Crippen molar-refractivity contribution in [1.82, 2.24) is 4.98 Å². The van der Waals surface area contributed by atoms with Gasteiger partial charge in [0.1, 0.15) is 11.4 Å². The molecule has 2 nitrogen and oxygen atoms in total. The summed E-state index contributed by atoms with van der Waals surface area (Å²) in [6.07, 6.45) is -4.35. The summed E-state index contributed by atoms with van der Waals surface area (Å²) in [4.78, 5) is 2.39. The van der Waals surface area contributed by atoms with E-state index in [1.54, 1.807) is 18.2 Å². The Kier molecular flexibility index (Phi) is 2.77. The highest BCUT2D eigenvalue weighted by Crippen LogP contribution is 2.35. The fraction of sp³-hybridized carbons (Fsp3) is 0.333. The molecule has 0 aliphatic rings. The number of rotatable bonds is 2. The molecule has 2 rings (SSSR count). The molecule has 0 spiro atoms. The molecule has 0 amide bonds. The van der Waals surface area contributed by atoms with Crippen LogP contribution in [0.4, 0.5) is 13.2 Å². The Morgan fingerprint density at radius 2 is 2.00 bits per heavy atom. The number of aryl methyl sites for hydroxylation is 1. The van der Waals surface area contributed by atoms with E-state index in [0.717, 1.165) is 0 Å². The molecular formula is C12H12F3NO. The summed E-state index contributed by atoms with van der Waals surface area (Å²) in [5.74, 6) is 0.579. The van der Waals surface area contributed by atoms with Crippen molar-refractivity contribution < 1.29 is 17.9 Å². The number of hydrogen-bond donors (Lipinski definition) is 1. The van der Waals surface area contributed by atoms with Crippen LogP contribution in [0.25, 0.3) is 10.9 Å². The van der Waals surface area contributed by atoms with Gasteiger partial charge in [0.25, 0.3) is 0 Å². The van der Waals surface area contributed by atoms with Gasteiger partial charge in [-0.2, -0.15) is 13.2 Å². The van der Waals surface area contributed by atoms with Crippen molar-refractivity contribution in [3.05, 3.63) is 29.5 Å². The smallest absolute Gasteiger partial charge is 0.431 e. The molecule has 1 aromatic carbocycles. The zero-order valence-corrected chi connectivity index (χ0v) is 9.48. The minimum atomic E-state index is -4.35. The lowest BCUT2D eigenvalue weighted by Crippen LogP contribution is -2.06. The summed E-state index contributed by atoms with van der Waals surface area (Å²) in [6, 6.07) is 4.88. The zero-order valence-electron chi connectivity index (χ0n) is 9.48. The average Bonchev–Trinajstić information content (AvgIpc) is 2.56. The number of ether oxygens (including phenoxy) is 1. The molecule has 1 heterocycles. The van der Waals surface area contributed by atoms with Crippen molar-refractivity contribution in [3.63, 3.8) is 0 Å². The number of nitrogens with one attached hydrogen (secondary N) is 1. The van der Waals surface area contributed by atoms with Gasteiger partial charge in [0.15, 0.2) is 0 Å². The van der Waals surface area contributed by atoms with Gasteiger partial charge >= 0.3 is 6.18 Å². The molecule has 0 aliphatic heterocycles. The van der Waals surface area contributed by atoms with E-state index in [1.165, 1.54) is 6.92 Å². The first kappa shape index (κ1) is 11.8. The molecule has 0 unspecified atom stereocenters. The Balaban J connectivity index is 2.59. The van der Waals surface area contributed by atoms with Gasteiger partial charge in [0.2, 0.25) is 0 Å². The number of benzene rings is 1. The van der Waals surface area contributed by atoms with Crippen molar-refractivity contribution in [2.45, 2.75) is 20.0 Å². The van der Waals surface area contributed by atoms with Crippen LogP contribution in [0.15, 0.2) is 18.2 Å². The SMILES string of the molecule is CCOc1ccc2[nH]c(C(F)(F)F)c(C)c2c1. The molecule has 92 valence electrons. The van der Waals surface area contributed by atoms with E-state index < -0.39 is 11.9 Å². The fourth-order valence-electron chi connectivity index (χ4n) is 1.85. The number of aromatic amines is 1. The van der Waals surface area contributed by atoms with Crippen LogP contribution >= 0.6 is 0 Å². The molecule has 0 aliphatic carbocycles.